The Morgan fingerprint density at radius 1 is 1.17 bits per heavy atom. The zero-order chi connectivity index (χ0) is 8.48. The largest absolute Gasteiger partial charge is 0.399 e. The van der Waals surface area contributed by atoms with Crippen LogP contribution in [0, 0.1) is 0 Å². The summed E-state index contributed by atoms with van der Waals surface area (Å²) in [5.41, 5.74) is 5.65. The van der Waals surface area contributed by atoms with Crippen molar-refractivity contribution in [1.29, 1.82) is 0 Å². The van der Waals surface area contributed by atoms with E-state index >= 15 is 0 Å². The van der Waals surface area contributed by atoms with Crippen molar-refractivity contribution in [2.24, 2.45) is 0 Å². The molecule has 0 saturated heterocycles. The van der Waals surface area contributed by atoms with Gasteiger partial charge in [-0.15, -0.1) is 16.3 Å². The smallest absolute Gasteiger partial charge is 0.332 e. The van der Waals surface area contributed by atoms with E-state index in [1.54, 1.807) is 0 Å². The van der Waals surface area contributed by atoms with Crippen LogP contribution in [-0.2, 0) is 10.2 Å². The second-order valence-electron chi connectivity index (χ2n) is 2.01. The molecule has 68 valence electrons. The molecule has 0 amide bonds. The van der Waals surface area contributed by atoms with E-state index in [2.05, 4.69) is 0 Å². The maximum atomic E-state index is 12.2. The van der Waals surface area contributed by atoms with Crippen LogP contribution in [0.1, 0.15) is 0 Å². The molecular weight excluding hydrogens is 205 g/mol. The van der Waals surface area contributed by atoms with Crippen LogP contribution in [0.5, 0.6) is 0 Å². The molecule has 1 rings (SSSR count). The molecule has 0 radical (unpaired) electrons. The van der Waals surface area contributed by atoms with E-state index in [0.717, 1.165) is 12.1 Å². The molecule has 0 aromatic heterocycles. The van der Waals surface area contributed by atoms with Crippen molar-refractivity contribution in [3.8, 4) is 0 Å². The average Bonchev–Trinajstić information content (AvgIpc) is 1.86. The first kappa shape index (κ1) is 11.2. The zero-order valence-corrected chi connectivity index (χ0v) is 7.53. The van der Waals surface area contributed by atoms with E-state index in [4.69, 9.17) is 5.73 Å². The summed E-state index contributed by atoms with van der Waals surface area (Å²) in [6.07, 6.45) is 0. The van der Waals surface area contributed by atoms with Gasteiger partial charge >= 0.3 is 10.2 Å². The zero-order valence-electron chi connectivity index (χ0n) is 5.90. The number of benzene rings is 1. The van der Waals surface area contributed by atoms with Gasteiger partial charge < -0.3 is 5.73 Å². The van der Waals surface area contributed by atoms with Crippen LogP contribution in [0.2, 0.25) is 0 Å². The fourth-order valence-electron chi connectivity index (χ4n) is 0.630. The summed E-state index contributed by atoms with van der Waals surface area (Å²) < 4.78 is 32.7. The minimum absolute atomic E-state index is 0. The van der Waals surface area contributed by atoms with Gasteiger partial charge in [-0.25, -0.2) is 0 Å². The molecule has 12 heavy (non-hydrogen) atoms. The molecule has 0 aliphatic heterocycles. The number of nitrogens with two attached hydrogens (primary N) is 1. The highest BCUT2D eigenvalue weighted by molar-refractivity contribution is 7.86. The summed E-state index contributed by atoms with van der Waals surface area (Å²) in [4.78, 5) is -0.369. The lowest BCUT2D eigenvalue weighted by Crippen LogP contribution is -1.92. The van der Waals surface area contributed by atoms with Gasteiger partial charge in [0, 0.05) is 5.69 Å². The lowest BCUT2D eigenvalue weighted by molar-refractivity contribution is 0.552. The molecule has 0 fully saturated rings. The van der Waals surface area contributed by atoms with Crippen molar-refractivity contribution >= 4 is 28.3 Å². The molecule has 6 heteroatoms. The van der Waals surface area contributed by atoms with Crippen LogP contribution in [0.3, 0.4) is 0 Å². The van der Waals surface area contributed by atoms with Crippen molar-refractivity contribution < 1.29 is 12.3 Å². The van der Waals surface area contributed by atoms with Gasteiger partial charge in [0.05, 0.1) is 4.90 Å². The molecule has 1 aromatic rings. The maximum absolute atomic E-state index is 12.2. The van der Waals surface area contributed by atoms with Crippen molar-refractivity contribution in [1.82, 2.24) is 0 Å². The molecule has 1 aromatic carbocycles. The molecule has 0 aliphatic rings. The van der Waals surface area contributed by atoms with E-state index in [1.165, 1.54) is 12.1 Å². The van der Waals surface area contributed by atoms with Gasteiger partial charge in [-0.1, -0.05) is 0 Å². The Hall–Kier alpha value is -0.810. The normalized spacial score (nSPS) is 10.4. The topological polar surface area (TPSA) is 60.2 Å². The molecule has 0 unspecified atom stereocenters. The van der Waals surface area contributed by atoms with Gasteiger partial charge in [0.2, 0.25) is 0 Å². The number of hydrogen-bond acceptors (Lipinski definition) is 3. The third kappa shape index (κ3) is 2.67. The second kappa shape index (κ2) is 3.73. The van der Waals surface area contributed by atoms with Crippen LogP contribution in [0.25, 0.3) is 0 Å². The van der Waals surface area contributed by atoms with E-state index < -0.39 is 10.2 Å². The monoisotopic (exact) mass is 211 g/mol. The first-order valence-corrected chi connectivity index (χ1v) is 4.19. The van der Waals surface area contributed by atoms with Crippen LogP contribution in [-0.4, -0.2) is 8.42 Å². The summed E-state index contributed by atoms with van der Waals surface area (Å²) in [7, 11) is -4.58. The average molecular weight is 212 g/mol. The van der Waals surface area contributed by atoms with E-state index in [0.29, 0.717) is 5.69 Å². The molecule has 0 aliphatic carbocycles. The quantitative estimate of drug-likeness (QED) is 0.564. The lowest BCUT2D eigenvalue weighted by atomic mass is 10.3. The number of nitrogen functional groups attached to an aromatic ring is 1. The molecular formula is C6H7ClFNO2S. The van der Waals surface area contributed by atoms with E-state index in [9.17, 15) is 12.3 Å². The van der Waals surface area contributed by atoms with Crippen LogP contribution in [0.4, 0.5) is 9.57 Å². The molecule has 0 bridgehead atoms. The predicted octanol–water partition coefficient (Wildman–Crippen LogP) is 1.35. The van der Waals surface area contributed by atoms with Gasteiger partial charge in [-0.3, -0.25) is 0 Å². The van der Waals surface area contributed by atoms with Crippen LogP contribution in [0.15, 0.2) is 29.2 Å². The molecule has 2 N–H and O–H groups in total. The lowest BCUT2D eigenvalue weighted by Gasteiger charge is -1.93. The van der Waals surface area contributed by atoms with E-state index in [-0.39, 0.29) is 17.3 Å². The Labute approximate surface area is 76.0 Å². The maximum Gasteiger partial charge on any atom is 0.332 e. The molecule has 3 nitrogen and oxygen atoms in total. The van der Waals surface area contributed by atoms with Gasteiger partial charge in [-0.2, -0.15) is 8.42 Å². The number of hydrogen-bond donors (Lipinski definition) is 1. The Kier molecular flexibility index (Phi) is 3.48. The molecule has 0 spiro atoms. The first-order chi connectivity index (χ1) is 5.00. The molecule has 0 atom stereocenters. The second-order valence-corrected chi connectivity index (χ2v) is 3.35. The highest BCUT2D eigenvalue weighted by Gasteiger charge is 2.09. The molecule has 0 heterocycles. The fourth-order valence-corrected chi connectivity index (χ4v) is 1.09. The Balaban J connectivity index is 0.00000121. The minimum atomic E-state index is -4.58. The predicted molar refractivity (Wildman–Crippen MR) is 46.4 cm³/mol. The summed E-state index contributed by atoms with van der Waals surface area (Å²) in [6.45, 7) is 0. The minimum Gasteiger partial charge on any atom is -0.399 e. The number of anilines is 1. The number of rotatable bonds is 1. The summed E-state index contributed by atoms with van der Waals surface area (Å²) in [5, 5.41) is 0. The Morgan fingerprint density at radius 3 is 1.92 bits per heavy atom. The van der Waals surface area contributed by atoms with Crippen molar-refractivity contribution in [3.05, 3.63) is 24.3 Å². The van der Waals surface area contributed by atoms with E-state index in [1.807, 2.05) is 0 Å². The fraction of sp³-hybridized carbons (Fsp3) is 0. The SMILES string of the molecule is Cl.Nc1ccc(S(=O)(=O)F)cc1. The van der Waals surface area contributed by atoms with Crippen molar-refractivity contribution in [3.63, 3.8) is 0 Å². The summed E-state index contributed by atoms with van der Waals surface area (Å²) >= 11 is 0. The van der Waals surface area contributed by atoms with Gasteiger partial charge in [-0.05, 0) is 24.3 Å². The Bertz CT molecular complexity index is 348. The van der Waals surface area contributed by atoms with Crippen molar-refractivity contribution in [2.75, 3.05) is 5.73 Å². The highest BCUT2D eigenvalue weighted by atomic mass is 35.5. The third-order valence-electron chi connectivity index (χ3n) is 1.16. The van der Waals surface area contributed by atoms with Crippen molar-refractivity contribution in [2.45, 2.75) is 4.90 Å². The van der Waals surface area contributed by atoms with Gasteiger partial charge in [0.15, 0.2) is 0 Å². The first-order valence-electron chi connectivity index (χ1n) is 2.80. The van der Waals surface area contributed by atoms with Gasteiger partial charge in [0.25, 0.3) is 0 Å². The highest BCUT2D eigenvalue weighted by Crippen LogP contribution is 2.13. The number of halogens is 2. The van der Waals surface area contributed by atoms with Gasteiger partial charge in [0.1, 0.15) is 0 Å². The third-order valence-corrected chi connectivity index (χ3v) is 2.00. The van der Waals surface area contributed by atoms with Crippen LogP contribution < -0.4 is 5.73 Å². The Morgan fingerprint density at radius 2 is 1.58 bits per heavy atom. The standard InChI is InChI=1S/C6H6FNO2S.ClH/c7-11(9,10)6-3-1-5(8)2-4-6;/h1-4H,8H2;1H. The summed E-state index contributed by atoms with van der Waals surface area (Å²) in [6, 6.07) is 4.88. The van der Waals surface area contributed by atoms with Crippen LogP contribution >= 0.6 is 12.4 Å². The summed E-state index contributed by atoms with van der Waals surface area (Å²) in [5.74, 6) is 0. The molecule has 0 saturated carbocycles.